The fraction of sp³-hybridized carbons (Fsp3) is 0.217. The maximum atomic E-state index is 12.4. The number of hydrogen-bond acceptors (Lipinski definition) is 7. The van der Waals surface area contributed by atoms with Crippen LogP contribution in [0.2, 0.25) is 0 Å². The molecule has 0 aliphatic carbocycles. The topological polar surface area (TPSA) is 89.9 Å². The SMILES string of the molecule is CC(=O)N(c1nc(CSc2nnc(-c3ccc(C)cc3)n2N)cs1)c1cccc(C)c1C. The van der Waals surface area contributed by atoms with Crippen LogP contribution in [-0.2, 0) is 10.5 Å². The lowest BCUT2D eigenvalue weighted by atomic mass is 10.1. The maximum Gasteiger partial charge on any atom is 0.230 e. The van der Waals surface area contributed by atoms with Crippen molar-refractivity contribution in [1.29, 1.82) is 0 Å². The zero-order chi connectivity index (χ0) is 22.8. The van der Waals surface area contributed by atoms with Crippen LogP contribution in [-0.4, -0.2) is 25.8 Å². The Morgan fingerprint density at radius 2 is 1.88 bits per heavy atom. The van der Waals surface area contributed by atoms with E-state index in [9.17, 15) is 4.79 Å². The average Bonchev–Trinajstić information content (AvgIpc) is 3.37. The lowest BCUT2D eigenvalue weighted by Crippen LogP contribution is -2.23. The van der Waals surface area contributed by atoms with Crippen molar-refractivity contribution in [2.75, 3.05) is 10.7 Å². The molecule has 2 aromatic carbocycles. The molecule has 0 unspecified atom stereocenters. The molecule has 4 rings (SSSR count). The predicted octanol–water partition coefficient (Wildman–Crippen LogP) is 5.02. The summed E-state index contributed by atoms with van der Waals surface area (Å²) >= 11 is 2.90. The van der Waals surface area contributed by atoms with Crippen molar-refractivity contribution >= 4 is 39.8 Å². The van der Waals surface area contributed by atoms with E-state index in [1.807, 2.05) is 68.6 Å². The van der Waals surface area contributed by atoms with Gasteiger partial charge < -0.3 is 5.84 Å². The first kappa shape index (κ1) is 22.0. The van der Waals surface area contributed by atoms with Gasteiger partial charge in [0.1, 0.15) is 0 Å². The van der Waals surface area contributed by atoms with Crippen molar-refractivity contribution in [3.63, 3.8) is 0 Å². The molecule has 2 aromatic heterocycles. The van der Waals surface area contributed by atoms with Crippen molar-refractivity contribution < 1.29 is 4.79 Å². The summed E-state index contributed by atoms with van der Waals surface area (Å²) in [6.07, 6.45) is 0. The summed E-state index contributed by atoms with van der Waals surface area (Å²) in [6.45, 7) is 7.65. The fourth-order valence-corrected chi connectivity index (χ4v) is 5.00. The molecule has 9 heteroatoms. The predicted molar refractivity (Wildman–Crippen MR) is 131 cm³/mol. The van der Waals surface area contributed by atoms with Gasteiger partial charge in [0.2, 0.25) is 11.1 Å². The second-order valence-corrected chi connectivity index (χ2v) is 9.30. The molecule has 0 aliphatic rings. The molecule has 4 aromatic rings. The molecule has 0 aliphatic heterocycles. The first-order chi connectivity index (χ1) is 15.3. The minimum Gasteiger partial charge on any atom is -0.335 e. The maximum absolute atomic E-state index is 12.4. The van der Waals surface area contributed by atoms with Gasteiger partial charge in [0.25, 0.3) is 0 Å². The number of benzene rings is 2. The van der Waals surface area contributed by atoms with Crippen LogP contribution >= 0.6 is 23.1 Å². The minimum atomic E-state index is -0.0725. The number of nitrogens with two attached hydrogens (primary N) is 1. The van der Waals surface area contributed by atoms with Gasteiger partial charge in [-0.05, 0) is 38.0 Å². The van der Waals surface area contributed by atoms with Crippen LogP contribution in [0.15, 0.2) is 53.0 Å². The molecular formula is C23H24N6OS2. The lowest BCUT2D eigenvalue weighted by Gasteiger charge is -2.21. The number of amides is 1. The molecular weight excluding hydrogens is 440 g/mol. The Kier molecular flexibility index (Phi) is 6.29. The molecule has 0 radical (unpaired) electrons. The van der Waals surface area contributed by atoms with Gasteiger partial charge >= 0.3 is 0 Å². The first-order valence-electron chi connectivity index (χ1n) is 10.1. The van der Waals surface area contributed by atoms with Crippen LogP contribution in [0.4, 0.5) is 10.8 Å². The van der Waals surface area contributed by atoms with E-state index < -0.39 is 0 Å². The number of nitrogen functional groups attached to an aromatic ring is 1. The molecule has 1 amide bonds. The van der Waals surface area contributed by atoms with Crippen LogP contribution in [0.25, 0.3) is 11.4 Å². The number of hydrogen-bond donors (Lipinski definition) is 1. The summed E-state index contributed by atoms with van der Waals surface area (Å²) in [7, 11) is 0. The number of carbonyl (C=O) groups excluding carboxylic acids is 1. The van der Waals surface area contributed by atoms with E-state index in [1.165, 1.54) is 33.3 Å². The number of rotatable bonds is 6. The van der Waals surface area contributed by atoms with Crippen molar-refractivity contribution in [1.82, 2.24) is 19.9 Å². The summed E-state index contributed by atoms with van der Waals surface area (Å²) < 4.78 is 1.50. The summed E-state index contributed by atoms with van der Waals surface area (Å²) in [4.78, 5) is 18.8. The zero-order valence-electron chi connectivity index (χ0n) is 18.4. The Bertz CT molecular complexity index is 1260. The van der Waals surface area contributed by atoms with Gasteiger partial charge in [-0.3, -0.25) is 9.69 Å². The van der Waals surface area contributed by atoms with Crippen molar-refractivity contribution in [2.24, 2.45) is 0 Å². The smallest absolute Gasteiger partial charge is 0.230 e. The van der Waals surface area contributed by atoms with E-state index in [1.54, 1.807) is 11.8 Å². The molecule has 2 heterocycles. The monoisotopic (exact) mass is 464 g/mol. The second-order valence-electron chi connectivity index (χ2n) is 7.53. The molecule has 0 saturated heterocycles. The van der Waals surface area contributed by atoms with Gasteiger partial charge in [0.05, 0.1) is 11.4 Å². The number of nitrogens with zero attached hydrogens (tertiary/aromatic N) is 5. The summed E-state index contributed by atoms with van der Waals surface area (Å²) in [5.74, 6) is 7.35. The highest BCUT2D eigenvalue weighted by Gasteiger charge is 2.21. The summed E-state index contributed by atoms with van der Waals surface area (Å²) in [5.41, 5.74) is 5.99. The molecule has 32 heavy (non-hydrogen) atoms. The van der Waals surface area contributed by atoms with Crippen molar-refractivity contribution in [2.45, 2.75) is 38.6 Å². The van der Waals surface area contributed by atoms with Gasteiger partial charge in [0.15, 0.2) is 11.0 Å². The minimum absolute atomic E-state index is 0.0725. The highest BCUT2D eigenvalue weighted by molar-refractivity contribution is 7.98. The molecule has 0 bridgehead atoms. The van der Waals surface area contributed by atoms with E-state index in [4.69, 9.17) is 10.8 Å². The van der Waals surface area contributed by atoms with Gasteiger partial charge in [0, 0.05) is 23.6 Å². The standard InChI is InChI=1S/C23H24N6OS2/c1-14-8-10-18(11-9-14)21-26-27-23(29(21)24)32-13-19-12-31-22(25-19)28(17(4)30)20-7-5-6-15(2)16(20)3/h5-12H,13,24H2,1-4H3. The Hall–Kier alpha value is -3.17. The Morgan fingerprint density at radius 3 is 2.59 bits per heavy atom. The normalized spacial score (nSPS) is 11.0. The molecule has 0 fully saturated rings. The Morgan fingerprint density at radius 1 is 1.12 bits per heavy atom. The average molecular weight is 465 g/mol. The van der Waals surface area contributed by atoms with Crippen LogP contribution in [0.1, 0.15) is 29.3 Å². The third-order valence-electron chi connectivity index (χ3n) is 5.19. The summed E-state index contributed by atoms with van der Waals surface area (Å²) in [6, 6.07) is 13.9. The second kappa shape index (κ2) is 9.13. The summed E-state index contributed by atoms with van der Waals surface area (Å²) in [5, 5.41) is 11.7. The molecule has 2 N–H and O–H groups in total. The van der Waals surface area contributed by atoms with E-state index in [-0.39, 0.29) is 5.91 Å². The van der Waals surface area contributed by atoms with Crippen molar-refractivity contribution in [3.8, 4) is 11.4 Å². The van der Waals surface area contributed by atoms with Crippen LogP contribution in [0, 0.1) is 20.8 Å². The Labute approximate surface area is 195 Å². The van der Waals surface area contributed by atoms with E-state index >= 15 is 0 Å². The molecule has 0 saturated carbocycles. The van der Waals surface area contributed by atoms with Crippen molar-refractivity contribution in [3.05, 3.63) is 70.2 Å². The number of anilines is 2. The largest absolute Gasteiger partial charge is 0.335 e. The third kappa shape index (κ3) is 4.39. The lowest BCUT2D eigenvalue weighted by molar-refractivity contribution is -0.115. The molecule has 164 valence electrons. The van der Waals surface area contributed by atoms with E-state index in [2.05, 4.69) is 10.2 Å². The quantitative estimate of drug-likeness (QED) is 0.318. The number of carbonyl (C=O) groups is 1. The zero-order valence-corrected chi connectivity index (χ0v) is 20.0. The first-order valence-corrected chi connectivity index (χ1v) is 11.9. The molecule has 0 atom stereocenters. The fourth-order valence-electron chi connectivity index (χ4n) is 3.26. The van der Waals surface area contributed by atoms with Crippen LogP contribution in [0.5, 0.6) is 0 Å². The Balaban J connectivity index is 1.52. The molecule has 0 spiro atoms. The van der Waals surface area contributed by atoms with E-state index in [0.29, 0.717) is 21.9 Å². The van der Waals surface area contributed by atoms with E-state index in [0.717, 1.165) is 28.1 Å². The van der Waals surface area contributed by atoms with Gasteiger partial charge in [-0.1, -0.05) is 53.7 Å². The molecule has 7 nitrogen and oxygen atoms in total. The van der Waals surface area contributed by atoms with Gasteiger partial charge in [-0.25, -0.2) is 9.66 Å². The van der Waals surface area contributed by atoms with Crippen LogP contribution in [0.3, 0.4) is 0 Å². The highest BCUT2D eigenvalue weighted by atomic mass is 32.2. The number of thioether (sulfide) groups is 1. The van der Waals surface area contributed by atoms with Gasteiger partial charge in [-0.15, -0.1) is 21.5 Å². The van der Waals surface area contributed by atoms with Crippen LogP contribution < -0.4 is 10.7 Å². The highest BCUT2D eigenvalue weighted by Crippen LogP contribution is 2.33. The third-order valence-corrected chi connectivity index (χ3v) is 7.04. The number of aromatic nitrogens is 4. The van der Waals surface area contributed by atoms with Gasteiger partial charge in [-0.2, -0.15) is 0 Å². The number of aryl methyl sites for hydroxylation is 2. The number of thiazole rings is 1.